The van der Waals surface area contributed by atoms with Crippen LogP contribution in [-0.2, 0) is 4.74 Å². The van der Waals surface area contributed by atoms with Crippen molar-refractivity contribution in [1.82, 2.24) is 10.2 Å². The summed E-state index contributed by atoms with van der Waals surface area (Å²) in [6.45, 7) is 12.6. The highest BCUT2D eigenvalue weighted by molar-refractivity contribution is 4.83. The van der Waals surface area contributed by atoms with Gasteiger partial charge in [-0.2, -0.15) is 0 Å². The van der Waals surface area contributed by atoms with E-state index in [1.54, 1.807) is 0 Å². The Kier molecular flexibility index (Phi) is 5.18. The van der Waals surface area contributed by atoms with E-state index in [0.29, 0.717) is 6.04 Å². The van der Waals surface area contributed by atoms with Crippen LogP contribution in [0.1, 0.15) is 27.7 Å². The van der Waals surface area contributed by atoms with E-state index >= 15 is 0 Å². The molecule has 0 aliphatic carbocycles. The van der Waals surface area contributed by atoms with Crippen molar-refractivity contribution in [1.29, 1.82) is 0 Å². The van der Waals surface area contributed by atoms with Crippen LogP contribution in [0, 0.1) is 0 Å². The largest absolute Gasteiger partial charge is 0.389 e. The van der Waals surface area contributed by atoms with Gasteiger partial charge >= 0.3 is 0 Å². The molecule has 0 bridgehead atoms. The van der Waals surface area contributed by atoms with Gasteiger partial charge in [-0.05, 0) is 27.7 Å². The maximum Gasteiger partial charge on any atom is 0.0741 e. The zero-order valence-electron chi connectivity index (χ0n) is 11.0. The molecule has 96 valence electrons. The zero-order valence-corrected chi connectivity index (χ0v) is 11.0. The lowest BCUT2D eigenvalue weighted by Crippen LogP contribution is -2.52. The van der Waals surface area contributed by atoms with E-state index in [4.69, 9.17) is 4.74 Å². The quantitative estimate of drug-likeness (QED) is 0.720. The molecule has 0 aromatic rings. The lowest BCUT2D eigenvalue weighted by molar-refractivity contribution is 0.0223. The number of nitrogens with zero attached hydrogens (tertiary/aromatic N) is 1. The van der Waals surface area contributed by atoms with Gasteiger partial charge in [0.1, 0.15) is 0 Å². The average Bonchev–Trinajstić information content (AvgIpc) is 2.17. The number of hydrogen-bond acceptors (Lipinski definition) is 4. The van der Waals surface area contributed by atoms with Gasteiger partial charge in [-0.1, -0.05) is 0 Å². The van der Waals surface area contributed by atoms with Crippen molar-refractivity contribution in [2.45, 2.75) is 45.4 Å². The Morgan fingerprint density at radius 1 is 1.31 bits per heavy atom. The molecule has 4 heteroatoms. The molecule has 1 aliphatic heterocycles. The second kappa shape index (κ2) is 5.96. The third-order valence-electron chi connectivity index (χ3n) is 3.23. The maximum atomic E-state index is 9.84. The minimum Gasteiger partial charge on any atom is -0.389 e. The lowest BCUT2D eigenvalue weighted by atomic mass is 10.00. The van der Waals surface area contributed by atoms with Gasteiger partial charge in [0.15, 0.2) is 0 Å². The monoisotopic (exact) mass is 230 g/mol. The van der Waals surface area contributed by atoms with E-state index in [9.17, 15) is 5.11 Å². The van der Waals surface area contributed by atoms with Crippen LogP contribution in [0.25, 0.3) is 0 Å². The molecule has 1 rings (SSSR count). The predicted molar refractivity (Wildman–Crippen MR) is 65.6 cm³/mol. The fourth-order valence-electron chi connectivity index (χ4n) is 1.85. The fraction of sp³-hybridized carbons (Fsp3) is 1.00. The highest BCUT2D eigenvalue weighted by Gasteiger charge is 2.24. The minimum atomic E-state index is -0.667. The number of ether oxygens (including phenoxy) is 1. The van der Waals surface area contributed by atoms with Gasteiger partial charge in [0.05, 0.1) is 18.8 Å². The summed E-state index contributed by atoms with van der Waals surface area (Å²) in [5, 5.41) is 13.3. The number of hydrogen-bond donors (Lipinski definition) is 2. The third kappa shape index (κ3) is 4.78. The summed E-state index contributed by atoms with van der Waals surface area (Å²) in [4.78, 5) is 2.40. The van der Waals surface area contributed by atoms with Gasteiger partial charge < -0.3 is 15.2 Å². The maximum absolute atomic E-state index is 9.84. The molecule has 0 amide bonds. The smallest absolute Gasteiger partial charge is 0.0741 e. The second-order valence-corrected chi connectivity index (χ2v) is 5.36. The fourth-order valence-corrected chi connectivity index (χ4v) is 1.85. The molecule has 0 aromatic carbocycles. The molecule has 0 radical (unpaired) electrons. The van der Waals surface area contributed by atoms with Crippen LogP contribution in [-0.4, -0.2) is 60.5 Å². The zero-order chi connectivity index (χ0) is 12.2. The Balaban J connectivity index is 2.26. The van der Waals surface area contributed by atoms with Gasteiger partial charge in [0, 0.05) is 31.7 Å². The van der Waals surface area contributed by atoms with Gasteiger partial charge in [0.2, 0.25) is 0 Å². The predicted octanol–water partition coefficient (Wildman–Crippen LogP) is 0.456. The third-order valence-corrected chi connectivity index (χ3v) is 3.23. The molecule has 2 unspecified atom stereocenters. The summed E-state index contributed by atoms with van der Waals surface area (Å²) in [6.07, 6.45) is 0. The minimum absolute atomic E-state index is 0.101. The van der Waals surface area contributed by atoms with Gasteiger partial charge in [-0.3, -0.25) is 4.90 Å². The molecule has 0 saturated carbocycles. The molecule has 1 saturated heterocycles. The van der Waals surface area contributed by atoms with E-state index in [1.165, 1.54) is 0 Å². The molecule has 1 heterocycles. The second-order valence-electron chi connectivity index (χ2n) is 5.36. The first-order chi connectivity index (χ1) is 7.39. The first-order valence-electron chi connectivity index (χ1n) is 6.18. The summed E-state index contributed by atoms with van der Waals surface area (Å²) in [5.41, 5.74) is -0.667. The SMILES string of the molecule is CC(CN1CCOCC1)NC(C)C(C)(C)O. The van der Waals surface area contributed by atoms with Crippen molar-refractivity contribution in [3.8, 4) is 0 Å². The summed E-state index contributed by atoms with van der Waals surface area (Å²) >= 11 is 0. The van der Waals surface area contributed by atoms with Crippen molar-refractivity contribution < 1.29 is 9.84 Å². The van der Waals surface area contributed by atoms with Crippen molar-refractivity contribution in [3.05, 3.63) is 0 Å². The normalized spacial score (nSPS) is 23.1. The Labute approximate surface area is 99.0 Å². The summed E-state index contributed by atoms with van der Waals surface area (Å²) < 4.78 is 5.31. The summed E-state index contributed by atoms with van der Waals surface area (Å²) in [7, 11) is 0. The standard InChI is InChI=1S/C12H26N2O2/c1-10(13-11(2)12(3,4)15)9-14-5-7-16-8-6-14/h10-11,13,15H,5-9H2,1-4H3. The molecule has 1 aliphatic rings. The number of nitrogens with one attached hydrogen (secondary N) is 1. The molecular formula is C12H26N2O2. The van der Waals surface area contributed by atoms with Gasteiger partial charge in [-0.15, -0.1) is 0 Å². The van der Waals surface area contributed by atoms with Gasteiger partial charge in [-0.25, -0.2) is 0 Å². The molecule has 1 fully saturated rings. The molecule has 2 N–H and O–H groups in total. The summed E-state index contributed by atoms with van der Waals surface area (Å²) in [5.74, 6) is 0. The van der Waals surface area contributed by atoms with Crippen LogP contribution in [0.15, 0.2) is 0 Å². The van der Waals surface area contributed by atoms with E-state index in [-0.39, 0.29) is 6.04 Å². The lowest BCUT2D eigenvalue weighted by Gasteiger charge is -2.33. The first kappa shape index (κ1) is 13.9. The molecule has 2 atom stereocenters. The van der Waals surface area contributed by atoms with Crippen LogP contribution in [0.2, 0.25) is 0 Å². The van der Waals surface area contributed by atoms with Crippen LogP contribution < -0.4 is 5.32 Å². The highest BCUT2D eigenvalue weighted by atomic mass is 16.5. The Hall–Kier alpha value is -0.160. The van der Waals surface area contributed by atoms with E-state index in [2.05, 4.69) is 17.1 Å². The van der Waals surface area contributed by atoms with E-state index in [0.717, 1.165) is 32.8 Å². The van der Waals surface area contributed by atoms with E-state index < -0.39 is 5.60 Å². The molecule has 4 nitrogen and oxygen atoms in total. The highest BCUT2D eigenvalue weighted by Crippen LogP contribution is 2.09. The molecule has 0 aromatic heterocycles. The van der Waals surface area contributed by atoms with Crippen molar-refractivity contribution in [3.63, 3.8) is 0 Å². The average molecular weight is 230 g/mol. The van der Waals surface area contributed by atoms with E-state index in [1.807, 2.05) is 20.8 Å². The van der Waals surface area contributed by atoms with Crippen molar-refractivity contribution >= 4 is 0 Å². The summed E-state index contributed by atoms with van der Waals surface area (Å²) in [6, 6.07) is 0.489. The van der Waals surface area contributed by atoms with Crippen LogP contribution >= 0.6 is 0 Å². The first-order valence-corrected chi connectivity index (χ1v) is 6.18. The molecular weight excluding hydrogens is 204 g/mol. The van der Waals surface area contributed by atoms with Crippen molar-refractivity contribution in [2.75, 3.05) is 32.8 Å². The topological polar surface area (TPSA) is 44.7 Å². The van der Waals surface area contributed by atoms with Gasteiger partial charge in [0.25, 0.3) is 0 Å². The Morgan fingerprint density at radius 3 is 2.38 bits per heavy atom. The van der Waals surface area contributed by atoms with Crippen LogP contribution in [0.4, 0.5) is 0 Å². The number of aliphatic hydroxyl groups is 1. The molecule has 16 heavy (non-hydrogen) atoms. The number of rotatable bonds is 5. The van der Waals surface area contributed by atoms with Crippen LogP contribution in [0.5, 0.6) is 0 Å². The number of morpholine rings is 1. The molecule has 0 spiro atoms. The van der Waals surface area contributed by atoms with Crippen molar-refractivity contribution in [2.24, 2.45) is 0 Å². The van der Waals surface area contributed by atoms with Crippen LogP contribution in [0.3, 0.4) is 0 Å². The Morgan fingerprint density at radius 2 is 1.88 bits per heavy atom. The Bertz CT molecular complexity index is 198.